The molecule has 4 heteroatoms. The minimum atomic E-state index is -1.23. The van der Waals surface area contributed by atoms with Crippen molar-refractivity contribution in [3.63, 3.8) is 0 Å². The molecule has 0 rings (SSSR count). The van der Waals surface area contributed by atoms with Crippen LogP contribution in [0.25, 0.3) is 0 Å². The summed E-state index contributed by atoms with van der Waals surface area (Å²) in [6.07, 6.45) is 2.29. The van der Waals surface area contributed by atoms with Crippen molar-refractivity contribution in [3.8, 4) is 0 Å². The van der Waals surface area contributed by atoms with Crippen LogP contribution in [0.1, 0.15) is 20.8 Å². The van der Waals surface area contributed by atoms with Crippen LogP contribution in [0.5, 0.6) is 0 Å². The lowest BCUT2D eigenvalue weighted by Crippen LogP contribution is -2.53. The van der Waals surface area contributed by atoms with Gasteiger partial charge in [-0.05, 0) is 44.7 Å². The van der Waals surface area contributed by atoms with Gasteiger partial charge in [-0.1, -0.05) is 20.8 Å². The maximum Gasteiger partial charge on any atom is 0.270 e. The van der Waals surface area contributed by atoms with Crippen LogP contribution >= 0.6 is 0 Å². The van der Waals surface area contributed by atoms with E-state index in [2.05, 4.69) is 83.0 Å². The smallest absolute Gasteiger partial charge is 0.270 e. The average molecular weight is 254 g/mol. The van der Waals surface area contributed by atoms with Gasteiger partial charge in [-0.15, -0.1) is 6.08 Å². The summed E-state index contributed by atoms with van der Waals surface area (Å²) in [5, 5.41) is 0. The van der Waals surface area contributed by atoms with Gasteiger partial charge in [-0.2, -0.15) is 0 Å². The largest absolute Gasteiger partial charge is 0.679 e. The molecule has 0 aromatic carbocycles. The third kappa shape index (κ3) is 6.58. The SMILES string of the molecule is CC(C)(C)/C=C/[B-]=[N+]([Si](C)(C)C)[Si](C)(C)C. The van der Waals surface area contributed by atoms with Crippen LogP contribution in [-0.2, 0) is 0 Å². The van der Waals surface area contributed by atoms with Crippen molar-refractivity contribution >= 4 is 23.5 Å². The Morgan fingerprint density at radius 1 is 0.875 bits per heavy atom. The molecule has 0 aromatic heterocycles. The fourth-order valence-corrected chi connectivity index (χ4v) is 11.0. The number of allylic oxidation sites excluding steroid dienone is 1. The van der Waals surface area contributed by atoms with E-state index in [-0.39, 0.29) is 5.41 Å². The maximum atomic E-state index is 2.68. The summed E-state index contributed by atoms with van der Waals surface area (Å²) in [6.45, 7) is 21.3. The van der Waals surface area contributed by atoms with Crippen molar-refractivity contribution in [2.75, 3.05) is 0 Å². The molecule has 0 heterocycles. The van der Waals surface area contributed by atoms with E-state index in [1.54, 1.807) is 0 Å². The van der Waals surface area contributed by atoms with Crippen LogP contribution in [0, 0.1) is 5.41 Å². The van der Waals surface area contributed by atoms with Crippen molar-refractivity contribution < 1.29 is 3.81 Å². The predicted octanol–water partition coefficient (Wildman–Crippen LogP) is 4.12. The molecule has 1 nitrogen and oxygen atoms in total. The molecule has 1 radical (unpaired) electrons. The Hall–Kier alpha value is 0.0387. The second-order valence-corrected chi connectivity index (χ2v) is 17.7. The minimum Gasteiger partial charge on any atom is -0.679 e. The molecule has 0 bridgehead atoms. The first-order valence-corrected chi connectivity index (χ1v) is 13.1. The zero-order chi connectivity index (χ0) is 13.2. The van der Waals surface area contributed by atoms with E-state index in [1.165, 1.54) is 0 Å². The first kappa shape index (κ1) is 16.0. The van der Waals surface area contributed by atoms with E-state index >= 15 is 0 Å². The zero-order valence-electron chi connectivity index (χ0n) is 12.7. The molecule has 0 N–H and O–H groups in total. The molecule has 0 saturated heterocycles. The maximum absolute atomic E-state index is 2.68. The molecule has 0 fully saturated rings. The Bertz CT molecular complexity index is 272. The highest BCUT2D eigenvalue weighted by atomic mass is 28.4. The van der Waals surface area contributed by atoms with E-state index in [0.717, 1.165) is 0 Å². The molecule has 0 atom stereocenters. The molecular formula is C12H29BNSi2. The molecular weight excluding hydrogens is 225 g/mol. The summed E-state index contributed by atoms with van der Waals surface area (Å²) in [5.74, 6) is 2.25. The first-order valence-electron chi connectivity index (χ1n) is 6.16. The monoisotopic (exact) mass is 254 g/mol. The summed E-state index contributed by atoms with van der Waals surface area (Å²) in [4.78, 5) is 0. The highest BCUT2D eigenvalue weighted by Crippen LogP contribution is 2.15. The normalized spacial score (nSPS) is 14.3. The Balaban J connectivity index is 5.10. The van der Waals surface area contributed by atoms with Crippen molar-refractivity contribution in [3.05, 3.63) is 12.1 Å². The average Bonchev–Trinajstić information content (AvgIpc) is 1.90. The molecule has 0 aromatic rings. The third-order valence-electron chi connectivity index (χ3n) is 2.28. The molecule has 0 aliphatic heterocycles. The van der Waals surface area contributed by atoms with Gasteiger partial charge in [0.15, 0.2) is 0 Å². The van der Waals surface area contributed by atoms with Gasteiger partial charge in [-0.3, -0.25) is 0 Å². The highest BCUT2D eigenvalue weighted by molar-refractivity contribution is 6.82. The van der Waals surface area contributed by atoms with Gasteiger partial charge in [0.05, 0.1) is 0 Å². The van der Waals surface area contributed by atoms with Gasteiger partial charge in [0.25, 0.3) is 16.5 Å². The summed E-state index contributed by atoms with van der Waals surface area (Å²) in [5.41, 5.74) is 0.279. The molecule has 0 unspecified atom stereocenters. The van der Waals surface area contributed by atoms with E-state index in [4.69, 9.17) is 0 Å². The van der Waals surface area contributed by atoms with Crippen molar-refractivity contribution in [2.24, 2.45) is 5.41 Å². The van der Waals surface area contributed by atoms with Gasteiger partial charge in [-0.25, -0.2) is 5.98 Å². The van der Waals surface area contributed by atoms with E-state index in [0.29, 0.717) is 0 Å². The third-order valence-corrected chi connectivity index (χ3v) is 9.49. The number of hydrogen-bond donors (Lipinski definition) is 0. The molecule has 0 spiro atoms. The summed E-state index contributed by atoms with van der Waals surface area (Å²) in [6, 6.07) is 0. The molecule has 0 aliphatic rings. The van der Waals surface area contributed by atoms with Crippen LogP contribution in [0.4, 0.5) is 0 Å². The summed E-state index contributed by atoms with van der Waals surface area (Å²) in [7, 11) is -0.123. The minimum absolute atomic E-state index is 0.279. The zero-order valence-corrected chi connectivity index (χ0v) is 14.7. The summed E-state index contributed by atoms with van der Waals surface area (Å²) >= 11 is 0. The van der Waals surface area contributed by atoms with Crippen LogP contribution in [0.3, 0.4) is 0 Å². The van der Waals surface area contributed by atoms with E-state index < -0.39 is 16.5 Å². The number of rotatable bonds is 3. The fourth-order valence-electron chi connectivity index (χ4n) is 1.87. The Morgan fingerprint density at radius 3 is 1.50 bits per heavy atom. The fraction of sp³-hybridized carbons (Fsp3) is 0.833. The quantitative estimate of drug-likeness (QED) is 0.667. The van der Waals surface area contributed by atoms with Gasteiger partial charge < -0.3 is 3.81 Å². The molecule has 0 saturated carbocycles. The second-order valence-electron chi connectivity index (χ2n) is 7.59. The standard InChI is InChI=1S/C12H29BNSi2/c1-12(2,3)10-11-13-14(15(4,5)6)16(7,8)9/h10-11H,1-9H3/b11-10+. The van der Waals surface area contributed by atoms with E-state index in [9.17, 15) is 0 Å². The van der Waals surface area contributed by atoms with Crippen LogP contribution in [0.2, 0.25) is 39.3 Å². The summed E-state index contributed by atoms with van der Waals surface area (Å²) < 4.78 is 2.68. The lowest BCUT2D eigenvalue weighted by molar-refractivity contribution is -0.230. The van der Waals surface area contributed by atoms with Gasteiger partial charge in [0, 0.05) is 7.07 Å². The van der Waals surface area contributed by atoms with Gasteiger partial charge >= 0.3 is 0 Å². The lowest BCUT2D eigenvalue weighted by Gasteiger charge is -2.39. The van der Waals surface area contributed by atoms with Gasteiger partial charge in [0.2, 0.25) is 0 Å². The molecule has 0 amide bonds. The number of nitrogens with zero attached hydrogens (tertiary/aromatic N) is 1. The Labute approximate surface area is 105 Å². The van der Waals surface area contributed by atoms with Crippen molar-refractivity contribution in [1.82, 2.24) is 0 Å². The van der Waals surface area contributed by atoms with Crippen molar-refractivity contribution in [1.29, 1.82) is 0 Å². The molecule has 0 aliphatic carbocycles. The highest BCUT2D eigenvalue weighted by Gasteiger charge is 2.31. The molecule has 93 valence electrons. The van der Waals surface area contributed by atoms with Crippen LogP contribution < -0.4 is 0 Å². The second kappa shape index (κ2) is 5.13. The van der Waals surface area contributed by atoms with Crippen LogP contribution in [0.15, 0.2) is 12.1 Å². The number of hydrogen-bond acceptors (Lipinski definition) is 0. The first-order chi connectivity index (χ1) is 6.84. The van der Waals surface area contributed by atoms with Gasteiger partial charge in [0.1, 0.15) is 0 Å². The van der Waals surface area contributed by atoms with E-state index in [1.807, 2.05) is 0 Å². The Morgan fingerprint density at radius 2 is 1.25 bits per heavy atom. The van der Waals surface area contributed by atoms with Crippen molar-refractivity contribution in [2.45, 2.75) is 60.1 Å². The van der Waals surface area contributed by atoms with Crippen LogP contribution in [-0.4, -0.2) is 27.4 Å². The predicted molar refractivity (Wildman–Crippen MR) is 81.3 cm³/mol. The lowest BCUT2D eigenvalue weighted by atomic mass is 9.91. The molecule has 16 heavy (non-hydrogen) atoms. The topological polar surface area (TPSA) is 3.01 Å². The Kier molecular flexibility index (Phi) is 5.14.